The van der Waals surface area contributed by atoms with Gasteiger partial charge in [-0.2, -0.15) is 5.26 Å². The highest BCUT2D eigenvalue weighted by atomic mass is 32.2. The second-order valence-corrected chi connectivity index (χ2v) is 7.08. The van der Waals surface area contributed by atoms with Crippen molar-refractivity contribution in [2.75, 3.05) is 18.2 Å². The summed E-state index contributed by atoms with van der Waals surface area (Å²) in [6.07, 6.45) is 0. The maximum atomic E-state index is 12.3. The van der Waals surface area contributed by atoms with Crippen LogP contribution in [0.3, 0.4) is 0 Å². The van der Waals surface area contributed by atoms with Crippen molar-refractivity contribution in [3.05, 3.63) is 59.2 Å². The highest BCUT2D eigenvalue weighted by Gasteiger charge is 2.12. The maximum absolute atomic E-state index is 12.3. The molecule has 0 spiro atoms. The van der Waals surface area contributed by atoms with E-state index in [9.17, 15) is 10.1 Å². The summed E-state index contributed by atoms with van der Waals surface area (Å²) in [7, 11) is 1.59. The number of pyridine rings is 1. The van der Waals surface area contributed by atoms with Crippen LogP contribution in [-0.4, -0.2) is 23.8 Å². The highest BCUT2D eigenvalue weighted by Crippen LogP contribution is 2.28. The Labute approximate surface area is 162 Å². The lowest BCUT2D eigenvalue weighted by Crippen LogP contribution is -2.14. The van der Waals surface area contributed by atoms with Crippen LogP contribution in [0.25, 0.3) is 10.9 Å². The molecule has 0 fully saturated rings. The molecule has 0 unspecified atom stereocenters. The molecule has 3 rings (SSSR count). The first-order valence-electron chi connectivity index (χ1n) is 8.39. The summed E-state index contributed by atoms with van der Waals surface area (Å²) in [4.78, 5) is 16.9. The molecule has 0 aliphatic carbocycles. The number of ether oxygens (including phenoxy) is 1. The van der Waals surface area contributed by atoms with Gasteiger partial charge < -0.3 is 10.1 Å². The molecule has 136 valence electrons. The van der Waals surface area contributed by atoms with Crippen LogP contribution in [-0.2, 0) is 4.79 Å². The Morgan fingerprint density at radius 2 is 1.89 bits per heavy atom. The van der Waals surface area contributed by atoms with Gasteiger partial charge in [-0.05, 0) is 55.3 Å². The number of anilines is 1. The average Bonchev–Trinajstić information content (AvgIpc) is 2.69. The van der Waals surface area contributed by atoms with Crippen LogP contribution in [0.5, 0.6) is 5.75 Å². The third-order valence-corrected chi connectivity index (χ3v) is 5.19. The Morgan fingerprint density at radius 1 is 1.19 bits per heavy atom. The Kier molecular flexibility index (Phi) is 5.63. The van der Waals surface area contributed by atoms with E-state index in [4.69, 9.17) is 4.74 Å². The van der Waals surface area contributed by atoms with Crippen molar-refractivity contribution in [1.29, 1.82) is 5.26 Å². The molecular formula is C21H19N3O2S. The third-order valence-electron chi connectivity index (χ3n) is 4.20. The number of nitriles is 1. The number of nitrogens with zero attached hydrogens (tertiary/aromatic N) is 2. The number of rotatable bonds is 5. The summed E-state index contributed by atoms with van der Waals surface area (Å²) in [6.45, 7) is 3.99. The first kappa shape index (κ1) is 18.7. The van der Waals surface area contributed by atoms with Gasteiger partial charge >= 0.3 is 0 Å². The number of thioether (sulfide) groups is 1. The molecule has 0 saturated heterocycles. The molecule has 0 bridgehead atoms. The first-order valence-corrected chi connectivity index (χ1v) is 9.38. The van der Waals surface area contributed by atoms with E-state index >= 15 is 0 Å². The van der Waals surface area contributed by atoms with E-state index in [1.54, 1.807) is 31.4 Å². The smallest absolute Gasteiger partial charge is 0.234 e. The van der Waals surface area contributed by atoms with Crippen molar-refractivity contribution in [2.45, 2.75) is 18.9 Å². The lowest BCUT2D eigenvalue weighted by molar-refractivity contribution is -0.113. The van der Waals surface area contributed by atoms with Gasteiger partial charge in [0.2, 0.25) is 5.91 Å². The Bertz CT molecular complexity index is 1040. The number of hydrogen-bond donors (Lipinski definition) is 1. The van der Waals surface area contributed by atoms with E-state index in [-0.39, 0.29) is 11.7 Å². The number of carbonyl (C=O) groups excluding carboxylic acids is 1. The van der Waals surface area contributed by atoms with Crippen molar-refractivity contribution < 1.29 is 9.53 Å². The summed E-state index contributed by atoms with van der Waals surface area (Å²) >= 11 is 1.27. The van der Waals surface area contributed by atoms with Gasteiger partial charge in [0.1, 0.15) is 16.8 Å². The molecule has 0 saturated carbocycles. The standard InChI is InChI=1S/C21H19N3O2S/c1-13-4-5-14(2)20-18(13)10-15(11-22)21(24-20)27-12-19(25)23-16-6-8-17(26-3)9-7-16/h4-10H,12H2,1-3H3,(H,23,25). The predicted molar refractivity (Wildman–Crippen MR) is 108 cm³/mol. The fourth-order valence-corrected chi connectivity index (χ4v) is 3.47. The van der Waals surface area contributed by atoms with Gasteiger partial charge in [-0.3, -0.25) is 4.79 Å². The lowest BCUT2D eigenvalue weighted by Gasteiger charge is -2.10. The van der Waals surface area contributed by atoms with Gasteiger partial charge in [-0.1, -0.05) is 23.9 Å². The molecule has 1 aromatic heterocycles. The first-order chi connectivity index (χ1) is 13.0. The quantitative estimate of drug-likeness (QED) is 0.664. The number of aromatic nitrogens is 1. The zero-order valence-corrected chi connectivity index (χ0v) is 16.2. The van der Waals surface area contributed by atoms with E-state index in [0.717, 1.165) is 27.8 Å². The molecule has 0 aliphatic rings. The van der Waals surface area contributed by atoms with Gasteiger partial charge in [0.25, 0.3) is 0 Å². The van der Waals surface area contributed by atoms with Crippen LogP contribution in [0.15, 0.2) is 47.5 Å². The van der Waals surface area contributed by atoms with Crippen LogP contribution < -0.4 is 10.1 Å². The number of benzene rings is 2. The zero-order chi connectivity index (χ0) is 19.4. The minimum absolute atomic E-state index is 0.156. The second kappa shape index (κ2) is 8.11. The number of nitrogens with one attached hydrogen (secondary N) is 1. The number of fused-ring (bicyclic) bond motifs is 1. The monoisotopic (exact) mass is 377 g/mol. The second-order valence-electron chi connectivity index (χ2n) is 6.11. The Morgan fingerprint density at radius 3 is 2.56 bits per heavy atom. The molecule has 27 heavy (non-hydrogen) atoms. The van der Waals surface area contributed by atoms with Crippen LogP contribution in [0.4, 0.5) is 5.69 Å². The normalized spacial score (nSPS) is 10.4. The van der Waals surface area contributed by atoms with Crippen LogP contribution in [0.2, 0.25) is 0 Å². The summed E-state index contributed by atoms with van der Waals surface area (Å²) in [5.74, 6) is 0.744. The largest absolute Gasteiger partial charge is 0.497 e. The van der Waals surface area contributed by atoms with Gasteiger partial charge in [0, 0.05) is 11.1 Å². The molecule has 1 amide bonds. The van der Waals surface area contributed by atoms with Gasteiger partial charge in [-0.25, -0.2) is 4.98 Å². The van der Waals surface area contributed by atoms with Crippen molar-refractivity contribution in [3.63, 3.8) is 0 Å². The van der Waals surface area contributed by atoms with Crippen LogP contribution in [0, 0.1) is 25.2 Å². The van der Waals surface area contributed by atoms with Crippen molar-refractivity contribution >= 4 is 34.3 Å². The molecule has 0 radical (unpaired) electrons. The Balaban J connectivity index is 1.76. The molecule has 1 heterocycles. The van der Waals surface area contributed by atoms with Gasteiger partial charge in [0.05, 0.1) is 23.9 Å². The van der Waals surface area contributed by atoms with Crippen LogP contribution >= 0.6 is 11.8 Å². The van der Waals surface area contributed by atoms with E-state index in [0.29, 0.717) is 16.3 Å². The molecule has 3 aromatic rings. The molecule has 2 aromatic carbocycles. The summed E-state index contributed by atoms with van der Waals surface area (Å²) in [5, 5.41) is 13.8. The topological polar surface area (TPSA) is 75.0 Å². The number of hydrogen-bond acceptors (Lipinski definition) is 5. The summed E-state index contributed by atoms with van der Waals surface area (Å²) in [5.41, 5.74) is 4.17. The number of carbonyl (C=O) groups is 1. The highest BCUT2D eigenvalue weighted by molar-refractivity contribution is 8.00. The fourth-order valence-electron chi connectivity index (χ4n) is 2.71. The molecular weight excluding hydrogens is 358 g/mol. The lowest BCUT2D eigenvalue weighted by atomic mass is 10.0. The SMILES string of the molecule is COc1ccc(NC(=O)CSc2nc3c(C)ccc(C)c3cc2C#N)cc1. The number of aryl methyl sites for hydroxylation is 2. The van der Waals surface area contributed by atoms with Crippen molar-refractivity contribution in [1.82, 2.24) is 4.98 Å². The molecule has 6 heteroatoms. The number of methoxy groups -OCH3 is 1. The number of amides is 1. The van der Waals surface area contributed by atoms with Crippen LogP contribution in [0.1, 0.15) is 16.7 Å². The Hall–Kier alpha value is -3.04. The molecule has 0 atom stereocenters. The fraction of sp³-hybridized carbons (Fsp3) is 0.190. The third kappa shape index (κ3) is 4.21. The zero-order valence-electron chi connectivity index (χ0n) is 15.4. The minimum Gasteiger partial charge on any atom is -0.497 e. The molecule has 1 N–H and O–H groups in total. The van der Waals surface area contributed by atoms with E-state index < -0.39 is 0 Å². The van der Waals surface area contributed by atoms with Gasteiger partial charge in [-0.15, -0.1) is 0 Å². The van der Waals surface area contributed by atoms with Crippen molar-refractivity contribution in [2.24, 2.45) is 0 Å². The van der Waals surface area contributed by atoms with E-state index in [1.807, 2.05) is 32.0 Å². The summed E-state index contributed by atoms with van der Waals surface area (Å²) < 4.78 is 5.10. The van der Waals surface area contributed by atoms with Gasteiger partial charge in [0.15, 0.2) is 0 Å². The average molecular weight is 377 g/mol. The maximum Gasteiger partial charge on any atom is 0.234 e. The van der Waals surface area contributed by atoms with Crippen molar-refractivity contribution in [3.8, 4) is 11.8 Å². The summed E-state index contributed by atoms with van der Waals surface area (Å²) in [6, 6.07) is 15.2. The minimum atomic E-state index is -0.156. The predicted octanol–water partition coefficient (Wildman–Crippen LogP) is 4.46. The van der Waals surface area contributed by atoms with E-state index in [1.165, 1.54) is 11.8 Å². The molecule has 0 aliphatic heterocycles. The molecule has 5 nitrogen and oxygen atoms in total. The van der Waals surface area contributed by atoms with E-state index in [2.05, 4.69) is 16.4 Å².